The maximum absolute atomic E-state index is 5.03. The number of unbranched alkanes of at least 4 members (excludes halogenated alkanes) is 2. The third-order valence-corrected chi connectivity index (χ3v) is 3.97. The first kappa shape index (κ1) is 13.7. The number of hydrogen-bond acceptors (Lipinski definition) is 3. The third-order valence-electron chi connectivity index (χ3n) is 2.77. The molecule has 0 radical (unpaired) electrons. The van der Waals surface area contributed by atoms with Crippen LogP contribution in [-0.4, -0.2) is 20.3 Å². The molecule has 0 aliphatic rings. The Morgan fingerprint density at radius 1 is 1.38 bits per heavy atom. The maximum atomic E-state index is 5.03. The molecule has 0 bridgehead atoms. The van der Waals surface area contributed by atoms with E-state index in [0.29, 0.717) is 6.04 Å². The minimum Gasteiger partial charge on any atom is -0.385 e. The summed E-state index contributed by atoms with van der Waals surface area (Å²) in [6.45, 7) is 6.42. The van der Waals surface area contributed by atoms with Crippen LogP contribution in [-0.2, 0) is 4.74 Å². The van der Waals surface area contributed by atoms with Gasteiger partial charge in [0.15, 0.2) is 0 Å². The van der Waals surface area contributed by atoms with Crippen LogP contribution in [0, 0.1) is 6.92 Å². The van der Waals surface area contributed by atoms with Crippen molar-refractivity contribution in [3.8, 4) is 0 Å². The van der Waals surface area contributed by atoms with Crippen LogP contribution in [0.25, 0.3) is 0 Å². The first-order valence-corrected chi connectivity index (χ1v) is 6.90. The number of methoxy groups -OCH3 is 1. The van der Waals surface area contributed by atoms with Crippen LogP contribution in [0.5, 0.6) is 0 Å². The summed E-state index contributed by atoms with van der Waals surface area (Å²) in [5.74, 6) is 0. The second-order valence-electron chi connectivity index (χ2n) is 4.20. The molecule has 0 aliphatic carbocycles. The molecule has 2 nitrogen and oxygen atoms in total. The van der Waals surface area contributed by atoms with Crippen molar-refractivity contribution in [3.05, 3.63) is 21.9 Å². The fourth-order valence-electron chi connectivity index (χ4n) is 1.79. The summed E-state index contributed by atoms with van der Waals surface area (Å²) in [7, 11) is 1.76. The van der Waals surface area contributed by atoms with Crippen LogP contribution in [0.3, 0.4) is 0 Å². The predicted octanol–water partition coefficient (Wildman–Crippen LogP) is 3.52. The monoisotopic (exact) mass is 241 g/mol. The van der Waals surface area contributed by atoms with Crippen molar-refractivity contribution >= 4 is 11.3 Å². The average Bonchev–Trinajstić information content (AvgIpc) is 2.69. The lowest BCUT2D eigenvalue weighted by molar-refractivity contribution is 0.192. The van der Waals surface area contributed by atoms with Gasteiger partial charge in [-0.1, -0.05) is 0 Å². The number of aryl methyl sites for hydroxylation is 1. The Morgan fingerprint density at radius 2 is 2.19 bits per heavy atom. The molecule has 1 unspecified atom stereocenters. The van der Waals surface area contributed by atoms with Gasteiger partial charge in [-0.3, -0.25) is 0 Å². The normalized spacial score (nSPS) is 12.9. The first-order chi connectivity index (χ1) is 7.75. The number of ether oxygens (including phenoxy) is 1. The van der Waals surface area contributed by atoms with Crippen molar-refractivity contribution in [3.63, 3.8) is 0 Å². The zero-order valence-corrected chi connectivity index (χ0v) is 11.4. The second-order valence-corrected chi connectivity index (χ2v) is 5.14. The molecular formula is C13H23NOS. The number of thiophene rings is 1. The van der Waals surface area contributed by atoms with Gasteiger partial charge in [0, 0.05) is 24.6 Å². The van der Waals surface area contributed by atoms with Crippen LogP contribution in [0.2, 0.25) is 0 Å². The maximum Gasteiger partial charge on any atom is 0.0462 e. The fraction of sp³-hybridized carbons (Fsp3) is 0.692. The topological polar surface area (TPSA) is 21.3 Å². The van der Waals surface area contributed by atoms with E-state index in [2.05, 4.69) is 30.6 Å². The summed E-state index contributed by atoms with van der Waals surface area (Å²) in [6, 6.07) is 2.68. The van der Waals surface area contributed by atoms with Crippen molar-refractivity contribution in [1.82, 2.24) is 5.32 Å². The molecule has 0 aromatic carbocycles. The molecule has 16 heavy (non-hydrogen) atoms. The van der Waals surface area contributed by atoms with Gasteiger partial charge in [0.1, 0.15) is 0 Å². The van der Waals surface area contributed by atoms with Crippen LogP contribution in [0.4, 0.5) is 0 Å². The standard InChI is InChI=1S/C13H23NOS/c1-11-7-10-16-13(11)12(2)14-8-5-4-6-9-15-3/h7,10,12,14H,4-6,8-9H2,1-3H3. The van der Waals surface area contributed by atoms with Crippen molar-refractivity contribution in [2.75, 3.05) is 20.3 Å². The highest BCUT2D eigenvalue weighted by atomic mass is 32.1. The van der Waals surface area contributed by atoms with E-state index in [1.165, 1.54) is 29.7 Å². The molecule has 0 spiro atoms. The Kier molecular flexibility index (Phi) is 6.69. The molecule has 0 amide bonds. The molecule has 3 heteroatoms. The van der Waals surface area contributed by atoms with E-state index < -0.39 is 0 Å². The summed E-state index contributed by atoms with van der Waals surface area (Å²) in [6.07, 6.45) is 3.65. The summed E-state index contributed by atoms with van der Waals surface area (Å²) in [4.78, 5) is 1.47. The molecule has 0 fully saturated rings. The SMILES string of the molecule is COCCCCCNC(C)c1sccc1C. The molecule has 1 heterocycles. The highest BCUT2D eigenvalue weighted by Crippen LogP contribution is 2.23. The van der Waals surface area contributed by atoms with Crippen LogP contribution < -0.4 is 5.32 Å². The zero-order valence-electron chi connectivity index (χ0n) is 10.6. The van der Waals surface area contributed by atoms with E-state index >= 15 is 0 Å². The molecule has 0 saturated carbocycles. The van der Waals surface area contributed by atoms with Gasteiger partial charge in [-0.25, -0.2) is 0 Å². The van der Waals surface area contributed by atoms with Gasteiger partial charge in [0.25, 0.3) is 0 Å². The van der Waals surface area contributed by atoms with Crippen LogP contribution in [0.15, 0.2) is 11.4 Å². The van der Waals surface area contributed by atoms with E-state index in [1.54, 1.807) is 7.11 Å². The summed E-state index contributed by atoms with van der Waals surface area (Å²) in [5, 5.41) is 5.74. The van der Waals surface area contributed by atoms with Crippen molar-refractivity contribution < 1.29 is 4.74 Å². The van der Waals surface area contributed by atoms with E-state index in [9.17, 15) is 0 Å². The van der Waals surface area contributed by atoms with E-state index in [1.807, 2.05) is 11.3 Å². The summed E-state index contributed by atoms with van der Waals surface area (Å²) < 4.78 is 5.03. The Balaban J connectivity index is 2.11. The van der Waals surface area contributed by atoms with Gasteiger partial charge in [-0.05, 0) is 56.7 Å². The molecule has 1 atom stereocenters. The largest absolute Gasteiger partial charge is 0.385 e. The van der Waals surface area contributed by atoms with Gasteiger partial charge in [0.2, 0.25) is 0 Å². The van der Waals surface area contributed by atoms with Crippen molar-refractivity contribution in [1.29, 1.82) is 0 Å². The first-order valence-electron chi connectivity index (χ1n) is 6.02. The average molecular weight is 241 g/mol. The van der Waals surface area contributed by atoms with Gasteiger partial charge in [-0.15, -0.1) is 11.3 Å². The smallest absolute Gasteiger partial charge is 0.0462 e. The number of rotatable bonds is 8. The quantitative estimate of drug-likeness (QED) is 0.703. The third kappa shape index (κ3) is 4.64. The highest BCUT2D eigenvalue weighted by Gasteiger charge is 2.08. The molecule has 92 valence electrons. The summed E-state index contributed by atoms with van der Waals surface area (Å²) in [5.41, 5.74) is 1.41. The molecule has 0 saturated heterocycles. The lowest BCUT2D eigenvalue weighted by Crippen LogP contribution is -2.19. The van der Waals surface area contributed by atoms with E-state index in [4.69, 9.17) is 4.74 Å². The Bertz CT molecular complexity index is 285. The zero-order chi connectivity index (χ0) is 11.8. The van der Waals surface area contributed by atoms with Gasteiger partial charge >= 0.3 is 0 Å². The van der Waals surface area contributed by atoms with Gasteiger partial charge < -0.3 is 10.1 Å². The Labute approximate surface area is 103 Å². The molecule has 1 aromatic heterocycles. The van der Waals surface area contributed by atoms with Crippen molar-refractivity contribution in [2.24, 2.45) is 0 Å². The fourth-order valence-corrected chi connectivity index (χ4v) is 2.75. The summed E-state index contributed by atoms with van der Waals surface area (Å²) >= 11 is 1.85. The van der Waals surface area contributed by atoms with Gasteiger partial charge in [-0.2, -0.15) is 0 Å². The van der Waals surface area contributed by atoms with E-state index in [-0.39, 0.29) is 0 Å². The Hall–Kier alpha value is -0.380. The molecule has 1 rings (SSSR count). The molecule has 1 aromatic rings. The van der Waals surface area contributed by atoms with Crippen LogP contribution >= 0.6 is 11.3 Å². The van der Waals surface area contributed by atoms with E-state index in [0.717, 1.165) is 13.2 Å². The molecular weight excluding hydrogens is 218 g/mol. The lowest BCUT2D eigenvalue weighted by Gasteiger charge is -2.13. The Morgan fingerprint density at radius 3 is 2.81 bits per heavy atom. The lowest BCUT2D eigenvalue weighted by atomic mass is 10.2. The van der Waals surface area contributed by atoms with Crippen LogP contribution in [0.1, 0.15) is 42.7 Å². The van der Waals surface area contributed by atoms with Crippen molar-refractivity contribution in [2.45, 2.75) is 39.2 Å². The number of nitrogens with one attached hydrogen (secondary N) is 1. The molecule has 1 N–H and O–H groups in total. The second kappa shape index (κ2) is 7.82. The number of hydrogen-bond donors (Lipinski definition) is 1. The minimum absolute atomic E-state index is 0.488. The molecule has 0 aliphatic heterocycles. The van der Waals surface area contributed by atoms with Gasteiger partial charge in [0.05, 0.1) is 0 Å². The predicted molar refractivity (Wildman–Crippen MR) is 71.2 cm³/mol. The minimum atomic E-state index is 0.488. The highest BCUT2D eigenvalue weighted by molar-refractivity contribution is 7.10.